The summed E-state index contributed by atoms with van der Waals surface area (Å²) in [6.45, 7) is 6.77. The minimum atomic E-state index is -0.0176. The van der Waals surface area contributed by atoms with E-state index in [9.17, 15) is 4.79 Å². The van der Waals surface area contributed by atoms with Crippen molar-refractivity contribution < 1.29 is 9.53 Å². The molecule has 0 bridgehead atoms. The molecule has 0 aliphatic heterocycles. The van der Waals surface area contributed by atoms with Gasteiger partial charge in [0.2, 0.25) is 0 Å². The van der Waals surface area contributed by atoms with Crippen LogP contribution in [-0.2, 0) is 16.1 Å². The van der Waals surface area contributed by atoms with Crippen molar-refractivity contribution in [1.82, 2.24) is 0 Å². The third-order valence-corrected chi connectivity index (χ3v) is 4.15. The van der Waals surface area contributed by atoms with E-state index in [-0.39, 0.29) is 11.2 Å². The fourth-order valence-corrected chi connectivity index (χ4v) is 2.72. The summed E-state index contributed by atoms with van der Waals surface area (Å²) in [7, 11) is 0. The fourth-order valence-electron chi connectivity index (χ4n) is 2.33. The number of allylic oxidation sites excluding steroid dienone is 2. The summed E-state index contributed by atoms with van der Waals surface area (Å²) in [5, 5.41) is 0. The molecule has 0 amide bonds. The number of hydrogen-bond donors (Lipinski definition) is 0. The second-order valence-corrected chi connectivity index (χ2v) is 6.75. The molecule has 1 aliphatic carbocycles. The van der Waals surface area contributed by atoms with Crippen LogP contribution in [0.5, 0.6) is 0 Å². The number of rotatable bonds is 3. The summed E-state index contributed by atoms with van der Waals surface area (Å²) in [6.07, 6.45) is 1.37. The lowest BCUT2D eigenvalue weighted by molar-refractivity contribution is -0.117. The Labute approximate surface area is 123 Å². The highest BCUT2D eigenvalue weighted by molar-refractivity contribution is 9.12. The monoisotopic (exact) mass is 322 g/mol. The van der Waals surface area contributed by atoms with Gasteiger partial charge in [0.15, 0.2) is 5.78 Å². The zero-order chi connectivity index (χ0) is 14.0. The molecule has 0 aromatic heterocycles. The molecule has 102 valence electrons. The Morgan fingerprint density at radius 3 is 2.74 bits per heavy atom. The molecule has 0 saturated heterocycles. The molecule has 1 aromatic rings. The van der Waals surface area contributed by atoms with Crippen LogP contribution in [0.1, 0.15) is 37.8 Å². The van der Waals surface area contributed by atoms with Crippen LogP contribution in [0.3, 0.4) is 0 Å². The van der Waals surface area contributed by atoms with Crippen molar-refractivity contribution in [1.29, 1.82) is 0 Å². The van der Waals surface area contributed by atoms with Crippen molar-refractivity contribution in [2.75, 3.05) is 0 Å². The molecule has 3 heteroatoms. The van der Waals surface area contributed by atoms with Crippen LogP contribution in [0.15, 0.2) is 34.5 Å². The average Bonchev–Trinajstić information content (AvgIpc) is 2.31. The molecular formula is C16H19BrO2. The van der Waals surface area contributed by atoms with Gasteiger partial charge in [-0.05, 0) is 33.8 Å². The van der Waals surface area contributed by atoms with Crippen LogP contribution >= 0.6 is 15.9 Å². The Kier molecular flexibility index (Phi) is 4.14. The number of ether oxygens (including phenoxy) is 1. The first-order valence-corrected chi connectivity index (χ1v) is 7.27. The lowest BCUT2D eigenvalue weighted by Gasteiger charge is -2.30. The summed E-state index contributed by atoms with van der Waals surface area (Å²) in [5.74, 6) is 0.915. The average molecular weight is 323 g/mol. The Morgan fingerprint density at radius 1 is 1.32 bits per heavy atom. The van der Waals surface area contributed by atoms with E-state index >= 15 is 0 Å². The number of halogens is 1. The normalized spacial score (nSPS) is 18.6. The topological polar surface area (TPSA) is 26.3 Å². The smallest absolute Gasteiger partial charge is 0.173 e. The van der Waals surface area contributed by atoms with E-state index in [0.29, 0.717) is 17.5 Å². The zero-order valence-electron chi connectivity index (χ0n) is 11.6. The second kappa shape index (κ2) is 5.49. The molecular weight excluding hydrogens is 304 g/mol. The molecule has 1 aromatic carbocycles. The van der Waals surface area contributed by atoms with E-state index in [1.807, 2.05) is 12.1 Å². The van der Waals surface area contributed by atoms with E-state index in [0.717, 1.165) is 17.7 Å². The summed E-state index contributed by atoms with van der Waals surface area (Å²) < 4.78 is 6.46. The van der Waals surface area contributed by atoms with Gasteiger partial charge in [-0.2, -0.15) is 0 Å². The van der Waals surface area contributed by atoms with Crippen molar-refractivity contribution in [3.05, 3.63) is 45.6 Å². The summed E-state index contributed by atoms with van der Waals surface area (Å²) in [4.78, 5) is 11.9. The first-order chi connectivity index (χ1) is 8.87. The Bertz CT molecular complexity index is 529. The molecule has 0 spiro atoms. The summed E-state index contributed by atoms with van der Waals surface area (Å²) in [6, 6.07) is 8.22. The molecule has 0 heterocycles. The Hall–Kier alpha value is -1.09. The third-order valence-electron chi connectivity index (χ3n) is 3.26. The highest BCUT2D eigenvalue weighted by Crippen LogP contribution is 2.39. The van der Waals surface area contributed by atoms with Gasteiger partial charge in [0.05, 0.1) is 4.48 Å². The quantitative estimate of drug-likeness (QED) is 0.818. The molecule has 0 unspecified atom stereocenters. The SMILES string of the molecule is Cc1cccc(COC2=C(Br)C(=O)CC(C)(C)C2)c1. The van der Waals surface area contributed by atoms with Crippen LogP contribution in [0.2, 0.25) is 0 Å². The predicted molar refractivity (Wildman–Crippen MR) is 79.9 cm³/mol. The largest absolute Gasteiger partial charge is 0.492 e. The fraction of sp³-hybridized carbons (Fsp3) is 0.438. The minimum absolute atomic E-state index is 0.0176. The maximum Gasteiger partial charge on any atom is 0.173 e. The highest BCUT2D eigenvalue weighted by atomic mass is 79.9. The van der Waals surface area contributed by atoms with Gasteiger partial charge in [0, 0.05) is 12.8 Å². The van der Waals surface area contributed by atoms with Gasteiger partial charge < -0.3 is 4.74 Å². The van der Waals surface area contributed by atoms with E-state index in [2.05, 4.69) is 48.8 Å². The molecule has 0 atom stereocenters. The number of carbonyl (C=O) groups excluding carboxylic acids is 1. The third kappa shape index (κ3) is 3.69. The lowest BCUT2D eigenvalue weighted by atomic mass is 9.79. The Balaban J connectivity index is 2.10. The van der Waals surface area contributed by atoms with Gasteiger partial charge in [-0.15, -0.1) is 0 Å². The van der Waals surface area contributed by atoms with Crippen LogP contribution in [0.25, 0.3) is 0 Å². The molecule has 19 heavy (non-hydrogen) atoms. The van der Waals surface area contributed by atoms with Gasteiger partial charge in [-0.1, -0.05) is 43.7 Å². The maximum atomic E-state index is 11.9. The highest BCUT2D eigenvalue weighted by Gasteiger charge is 2.32. The molecule has 0 N–H and O–H groups in total. The van der Waals surface area contributed by atoms with E-state index in [4.69, 9.17) is 4.74 Å². The number of Topliss-reactive ketones (excluding diaryl/α,β-unsaturated/α-hetero) is 1. The van der Waals surface area contributed by atoms with Crippen molar-refractivity contribution in [3.63, 3.8) is 0 Å². The number of aryl methyl sites for hydroxylation is 1. The zero-order valence-corrected chi connectivity index (χ0v) is 13.2. The van der Waals surface area contributed by atoms with E-state index in [1.54, 1.807) is 0 Å². The number of hydrogen-bond acceptors (Lipinski definition) is 2. The van der Waals surface area contributed by atoms with Crippen LogP contribution < -0.4 is 0 Å². The minimum Gasteiger partial charge on any atom is -0.492 e. The first-order valence-electron chi connectivity index (χ1n) is 6.48. The van der Waals surface area contributed by atoms with Gasteiger partial charge in [0.1, 0.15) is 12.4 Å². The second-order valence-electron chi connectivity index (χ2n) is 5.96. The van der Waals surface area contributed by atoms with E-state index in [1.165, 1.54) is 5.56 Å². The number of benzene rings is 1. The van der Waals surface area contributed by atoms with Crippen molar-refractivity contribution in [2.24, 2.45) is 5.41 Å². The van der Waals surface area contributed by atoms with Crippen LogP contribution in [0.4, 0.5) is 0 Å². The number of carbonyl (C=O) groups is 1. The molecule has 2 nitrogen and oxygen atoms in total. The summed E-state index contributed by atoms with van der Waals surface area (Å²) >= 11 is 3.36. The van der Waals surface area contributed by atoms with Crippen LogP contribution in [-0.4, -0.2) is 5.78 Å². The molecule has 0 fully saturated rings. The van der Waals surface area contributed by atoms with Crippen molar-refractivity contribution in [3.8, 4) is 0 Å². The van der Waals surface area contributed by atoms with Gasteiger partial charge in [0.25, 0.3) is 0 Å². The van der Waals surface area contributed by atoms with Gasteiger partial charge >= 0.3 is 0 Å². The Morgan fingerprint density at radius 2 is 2.05 bits per heavy atom. The first kappa shape index (κ1) is 14.3. The molecule has 0 saturated carbocycles. The van der Waals surface area contributed by atoms with Gasteiger partial charge in [-0.3, -0.25) is 4.79 Å². The summed E-state index contributed by atoms with van der Waals surface area (Å²) in [5.41, 5.74) is 2.33. The van der Waals surface area contributed by atoms with Crippen LogP contribution in [0, 0.1) is 12.3 Å². The lowest BCUT2D eigenvalue weighted by Crippen LogP contribution is -2.24. The van der Waals surface area contributed by atoms with Crippen molar-refractivity contribution in [2.45, 2.75) is 40.2 Å². The predicted octanol–water partition coefficient (Wildman–Crippen LogP) is 4.51. The molecule has 2 rings (SSSR count). The number of ketones is 1. The molecule has 1 aliphatic rings. The molecule has 0 radical (unpaired) electrons. The van der Waals surface area contributed by atoms with Crippen molar-refractivity contribution >= 4 is 21.7 Å². The maximum absolute atomic E-state index is 11.9. The van der Waals surface area contributed by atoms with Gasteiger partial charge in [-0.25, -0.2) is 0 Å². The van der Waals surface area contributed by atoms with E-state index < -0.39 is 0 Å². The standard InChI is InChI=1S/C16H19BrO2/c1-11-5-4-6-12(7-11)10-19-14-9-16(2,3)8-13(18)15(14)17/h4-7H,8-10H2,1-3H3.